The van der Waals surface area contributed by atoms with Crippen LogP contribution >= 0.6 is 11.6 Å². The van der Waals surface area contributed by atoms with E-state index in [9.17, 15) is 5.11 Å². The summed E-state index contributed by atoms with van der Waals surface area (Å²) in [5, 5.41) is 15.5. The maximum absolute atomic E-state index is 10.7. The highest BCUT2D eigenvalue weighted by molar-refractivity contribution is 6.31. The van der Waals surface area contributed by atoms with Gasteiger partial charge in [0.1, 0.15) is 6.10 Å². The topological polar surface area (TPSA) is 44.5 Å². The number of rotatable bonds is 4. The van der Waals surface area contributed by atoms with Crippen LogP contribution in [-0.2, 0) is 6.54 Å². The predicted molar refractivity (Wildman–Crippen MR) is 76.4 cm³/mol. The molecule has 0 saturated carbocycles. The third-order valence-electron chi connectivity index (χ3n) is 3.81. The number of nitrogens with zero attached hydrogens (tertiary/aromatic N) is 4. The lowest BCUT2D eigenvalue weighted by Gasteiger charge is -2.40. The molecule has 1 saturated heterocycles. The molecular formula is C13H23ClN4O. The summed E-state index contributed by atoms with van der Waals surface area (Å²) in [6.07, 6.45) is 2.00. The molecule has 1 aromatic rings. The van der Waals surface area contributed by atoms with Gasteiger partial charge in [-0.1, -0.05) is 18.5 Å². The minimum Gasteiger partial charge on any atom is -0.385 e. The molecule has 0 aromatic carbocycles. The van der Waals surface area contributed by atoms with Crippen LogP contribution in [0.1, 0.15) is 25.1 Å². The van der Waals surface area contributed by atoms with Gasteiger partial charge in [-0.2, -0.15) is 5.10 Å². The van der Waals surface area contributed by atoms with Crippen LogP contribution in [0.2, 0.25) is 5.02 Å². The Morgan fingerprint density at radius 3 is 2.89 bits per heavy atom. The minimum atomic E-state index is -0.603. The van der Waals surface area contributed by atoms with Gasteiger partial charge in [-0.3, -0.25) is 9.58 Å². The van der Waals surface area contributed by atoms with Gasteiger partial charge < -0.3 is 10.0 Å². The molecule has 2 rings (SSSR count). The lowest BCUT2D eigenvalue weighted by molar-refractivity contribution is 0.00951. The standard InChI is InChI=1S/C13H23ClN4O/c1-4-5-18-12(10(14)8-15-18)13(19)11-9-16(2)6-7-17(11)3/h8,11,13,19H,4-7,9H2,1-3H3. The van der Waals surface area contributed by atoms with Crippen LogP contribution in [0.3, 0.4) is 0 Å². The summed E-state index contributed by atoms with van der Waals surface area (Å²) in [4.78, 5) is 4.44. The predicted octanol–water partition coefficient (Wildman–Crippen LogP) is 1.23. The minimum absolute atomic E-state index is 0.0588. The van der Waals surface area contributed by atoms with Crippen LogP contribution in [0.4, 0.5) is 0 Å². The van der Waals surface area contributed by atoms with Gasteiger partial charge in [-0.25, -0.2) is 0 Å². The molecule has 1 aliphatic heterocycles. The monoisotopic (exact) mass is 286 g/mol. The first-order valence-electron chi connectivity index (χ1n) is 6.82. The molecule has 19 heavy (non-hydrogen) atoms. The van der Waals surface area contributed by atoms with Crippen molar-refractivity contribution in [3.8, 4) is 0 Å². The zero-order chi connectivity index (χ0) is 14.0. The molecule has 1 aromatic heterocycles. The highest BCUT2D eigenvalue weighted by Gasteiger charge is 2.32. The van der Waals surface area contributed by atoms with Gasteiger partial charge in [0.25, 0.3) is 0 Å². The van der Waals surface area contributed by atoms with E-state index >= 15 is 0 Å². The highest BCUT2D eigenvalue weighted by atomic mass is 35.5. The molecule has 0 aliphatic carbocycles. The molecule has 0 radical (unpaired) electrons. The average molecular weight is 287 g/mol. The van der Waals surface area contributed by atoms with Crippen LogP contribution in [0.15, 0.2) is 6.20 Å². The van der Waals surface area contributed by atoms with Crippen molar-refractivity contribution in [2.24, 2.45) is 0 Å². The lowest BCUT2D eigenvalue weighted by atomic mass is 10.0. The van der Waals surface area contributed by atoms with Gasteiger partial charge in [0.15, 0.2) is 0 Å². The van der Waals surface area contributed by atoms with E-state index in [1.54, 1.807) is 6.20 Å². The average Bonchev–Trinajstić information content (AvgIpc) is 2.73. The number of likely N-dealkylation sites (N-methyl/N-ethyl adjacent to an activating group) is 2. The quantitative estimate of drug-likeness (QED) is 0.904. The second-order valence-corrected chi connectivity index (χ2v) is 5.76. The Bertz CT molecular complexity index is 423. The fraction of sp³-hybridized carbons (Fsp3) is 0.769. The van der Waals surface area contributed by atoms with Crippen LogP contribution in [0.25, 0.3) is 0 Å². The molecule has 0 bridgehead atoms. The summed E-state index contributed by atoms with van der Waals surface area (Å²) in [6.45, 7) is 5.70. The Balaban J connectivity index is 2.22. The number of piperazine rings is 1. The first-order valence-corrected chi connectivity index (χ1v) is 7.20. The Kier molecular flexibility index (Phi) is 4.84. The number of aryl methyl sites for hydroxylation is 1. The summed E-state index contributed by atoms with van der Waals surface area (Å²) < 4.78 is 1.83. The van der Waals surface area contributed by atoms with E-state index < -0.39 is 6.10 Å². The first kappa shape index (κ1) is 14.8. The summed E-state index contributed by atoms with van der Waals surface area (Å²) in [5.74, 6) is 0. The molecule has 1 aliphatic rings. The van der Waals surface area contributed by atoms with Crippen molar-refractivity contribution in [1.29, 1.82) is 0 Å². The van der Waals surface area contributed by atoms with E-state index in [0.29, 0.717) is 5.02 Å². The molecule has 5 nitrogen and oxygen atoms in total. The Morgan fingerprint density at radius 2 is 2.21 bits per heavy atom. The van der Waals surface area contributed by atoms with E-state index in [-0.39, 0.29) is 6.04 Å². The van der Waals surface area contributed by atoms with E-state index in [0.717, 1.165) is 38.3 Å². The Hall–Kier alpha value is -0.620. The summed E-state index contributed by atoms with van der Waals surface area (Å²) in [7, 11) is 4.13. The summed E-state index contributed by atoms with van der Waals surface area (Å²) >= 11 is 6.20. The van der Waals surface area contributed by atoms with E-state index in [2.05, 4.69) is 35.9 Å². The van der Waals surface area contributed by atoms with Gasteiger partial charge in [0.05, 0.1) is 23.0 Å². The van der Waals surface area contributed by atoms with Gasteiger partial charge in [-0.15, -0.1) is 0 Å². The SMILES string of the molecule is CCCn1ncc(Cl)c1C(O)C1CN(C)CCN1C. The molecule has 1 N–H and O–H groups in total. The van der Waals surface area contributed by atoms with Crippen molar-refractivity contribution < 1.29 is 5.11 Å². The van der Waals surface area contributed by atoms with Crippen molar-refractivity contribution in [1.82, 2.24) is 19.6 Å². The Morgan fingerprint density at radius 1 is 1.47 bits per heavy atom. The molecule has 0 amide bonds. The fourth-order valence-corrected chi connectivity index (χ4v) is 2.88. The molecule has 6 heteroatoms. The second kappa shape index (κ2) is 6.22. The molecule has 2 unspecified atom stereocenters. The Labute approximate surface area is 119 Å². The zero-order valence-corrected chi connectivity index (χ0v) is 12.6. The van der Waals surface area contributed by atoms with Gasteiger partial charge in [-0.05, 0) is 20.5 Å². The molecule has 2 atom stereocenters. The third kappa shape index (κ3) is 3.11. The maximum atomic E-state index is 10.7. The number of hydrogen-bond donors (Lipinski definition) is 1. The van der Waals surface area contributed by atoms with Gasteiger partial charge in [0.2, 0.25) is 0 Å². The first-order chi connectivity index (χ1) is 9.04. The smallest absolute Gasteiger partial charge is 0.114 e. The van der Waals surface area contributed by atoms with Crippen LogP contribution < -0.4 is 0 Å². The number of aliphatic hydroxyl groups is 1. The van der Waals surface area contributed by atoms with Gasteiger partial charge >= 0.3 is 0 Å². The zero-order valence-electron chi connectivity index (χ0n) is 11.9. The largest absolute Gasteiger partial charge is 0.385 e. The molecule has 108 valence electrons. The lowest BCUT2D eigenvalue weighted by Crippen LogP contribution is -2.52. The van der Waals surface area contributed by atoms with Gasteiger partial charge in [0, 0.05) is 26.2 Å². The fourth-order valence-electron chi connectivity index (χ4n) is 2.62. The molecule has 0 spiro atoms. The third-order valence-corrected chi connectivity index (χ3v) is 4.10. The van der Waals surface area contributed by atoms with E-state index in [1.165, 1.54) is 0 Å². The molecule has 1 fully saturated rings. The number of aliphatic hydroxyl groups excluding tert-OH is 1. The van der Waals surface area contributed by atoms with Crippen LogP contribution in [0.5, 0.6) is 0 Å². The van der Waals surface area contributed by atoms with Crippen molar-refractivity contribution in [3.63, 3.8) is 0 Å². The summed E-state index contributed by atoms with van der Waals surface area (Å²) in [6, 6.07) is 0.0588. The van der Waals surface area contributed by atoms with Crippen molar-refractivity contribution in [3.05, 3.63) is 16.9 Å². The highest BCUT2D eigenvalue weighted by Crippen LogP contribution is 2.28. The number of aromatic nitrogens is 2. The van der Waals surface area contributed by atoms with Crippen LogP contribution in [0, 0.1) is 0 Å². The maximum Gasteiger partial charge on any atom is 0.114 e. The molecule has 2 heterocycles. The van der Waals surface area contributed by atoms with E-state index in [4.69, 9.17) is 11.6 Å². The molecular weight excluding hydrogens is 264 g/mol. The van der Waals surface area contributed by atoms with Crippen molar-refractivity contribution >= 4 is 11.6 Å². The number of hydrogen-bond acceptors (Lipinski definition) is 4. The summed E-state index contributed by atoms with van der Waals surface area (Å²) in [5.41, 5.74) is 0.746. The van der Waals surface area contributed by atoms with E-state index in [1.807, 2.05) is 4.68 Å². The second-order valence-electron chi connectivity index (χ2n) is 5.36. The normalized spacial score (nSPS) is 23.7. The number of halogens is 1. The van der Waals surface area contributed by atoms with Crippen molar-refractivity contribution in [2.45, 2.75) is 32.0 Å². The van der Waals surface area contributed by atoms with Crippen molar-refractivity contribution in [2.75, 3.05) is 33.7 Å². The van der Waals surface area contributed by atoms with Crippen LogP contribution in [-0.4, -0.2) is 64.5 Å².